The van der Waals surface area contributed by atoms with Gasteiger partial charge in [0.2, 0.25) is 5.95 Å². The molecule has 3 aromatic rings. The van der Waals surface area contributed by atoms with Crippen LogP contribution < -0.4 is 15.1 Å². The first-order valence-corrected chi connectivity index (χ1v) is 9.53. The third-order valence-electron chi connectivity index (χ3n) is 4.76. The molecule has 138 valence electrons. The zero-order chi connectivity index (χ0) is 18.5. The van der Waals surface area contributed by atoms with Gasteiger partial charge in [0.25, 0.3) is 0 Å². The van der Waals surface area contributed by atoms with E-state index in [2.05, 4.69) is 55.4 Å². The fraction of sp³-hybridized carbons (Fsp3) is 0.238. The van der Waals surface area contributed by atoms with Crippen molar-refractivity contribution in [3.05, 3.63) is 77.4 Å². The number of halogens is 1. The van der Waals surface area contributed by atoms with Crippen LogP contribution in [0.25, 0.3) is 0 Å². The van der Waals surface area contributed by atoms with Gasteiger partial charge in [-0.15, -0.1) is 0 Å². The van der Waals surface area contributed by atoms with Crippen molar-refractivity contribution in [3.63, 3.8) is 0 Å². The van der Waals surface area contributed by atoms with E-state index in [0.717, 1.165) is 42.6 Å². The molecule has 1 N–H and O–H groups in total. The maximum absolute atomic E-state index is 6.21. The first-order valence-electron chi connectivity index (χ1n) is 9.15. The van der Waals surface area contributed by atoms with Gasteiger partial charge >= 0.3 is 0 Å². The van der Waals surface area contributed by atoms with Gasteiger partial charge in [-0.3, -0.25) is 0 Å². The third-order valence-corrected chi connectivity index (χ3v) is 5.13. The normalized spacial score (nSPS) is 14.3. The Balaban J connectivity index is 1.37. The molecular weight excluding hydrogens is 358 g/mol. The molecule has 0 atom stereocenters. The number of hydrogen-bond acceptors (Lipinski definition) is 5. The highest BCUT2D eigenvalue weighted by molar-refractivity contribution is 6.31. The van der Waals surface area contributed by atoms with Gasteiger partial charge in [-0.05, 0) is 29.8 Å². The molecule has 1 aliphatic rings. The van der Waals surface area contributed by atoms with Crippen LogP contribution in [0.1, 0.15) is 5.56 Å². The van der Waals surface area contributed by atoms with E-state index in [-0.39, 0.29) is 0 Å². The summed E-state index contributed by atoms with van der Waals surface area (Å²) in [5.74, 6) is 1.58. The van der Waals surface area contributed by atoms with Gasteiger partial charge in [-0.2, -0.15) is 4.98 Å². The lowest BCUT2D eigenvalue weighted by atomic mass is 10.2. The van der Waals surface area contributed by atoms with Gasteiger partial charge in [0, 0.05) is 49.6 Å². The second kappa shape index (κ2) is 8.27. The molecule has 0 aliphatic carbocycles. The van der Waals surface area contributed by atoms with Crippen molar-refractivity contribution in [2.24, 2.45) is 0 Å². The monoisotopic (exact) mass is 379 g/mol. The second-order valence-corrected chi connectivity index (χ2v) is 6.90. The van der Waals surface area contributed by atoms with Crippen molar-refractivity contribution in [2.75, 3.05) is 41.3 Å². The SMILES string of the molecule is Clc1ccccc1CNc1nccc(N2CCN(c3ccccc3)CC2)n1. The van der Waals surface area contributed by atoms with Crippen LogP contribution in [0.4, 0.5) is 17.5 Å². The van der Waals surface area contributed by atoms with E-state index >= 15 is 0 Å². The number of piperazine rings is 1. The summed E-state index contributed by atoms with van der Waals surface area (Å²) in [6.07, 6.45) is 1.81. The number of nitrogens with one attached hydrogen (secondary N) is 1. The van der Waals surface area contributed by atoms with Crippen molar-refractivity contribution < 1.29 is 0 Å². The molecule has 0 bridgehead atoms. The Kier molecular flexibility index (Phi) is 5.39. The van der Waals surface area contributed by atoms with Crippen molar-refractivity contribution in [2.45, 2.75) is 6.54 Å². The number of aromatic nitrogens is 2. The van der Waals surface area contributed by atoms with E-state index in [1.807, 2.05) is 30.3 Å². The predicted octanol–water partition coefficient (Wildman–Crippen LogP) is 4.07. The lowest BCUT2D eigenvalue weighted by Crippen LogP contribution is -2.46. The van der Waals surface area contributed by atoms with Crippen molar-refractivity contribution >= 4 is 29.1 Å². The zero-order valence-electron chi connectivity index (χ0n) is 15.1. The highest BCUT2D eigenvalue weighted by Gasteiger charge is 2.18. The molecule has 0 unspecified atom stereocenters. The Bertz CT molecular complexity index is 879. The Morgan fingerprint density at radius 1 is 0.852 bits per heavy atom. The van der Waals surface area contributed by atoms with Crippen LogP contribution in [-0.2, 0) is 6.54 Å². The molecule has 1 saturated heterocycles. The minimum absolute atomic E-state index is 0.602. The first-order chi connectivity index (χ1) is 13.3. The summed E-state index contributed by atoms with van der Waals surface area (Å²) >= 11 is 6.21. The molecule has 6 heteroatoms. The summed E-state index contributed by atoms with van der Waals surface area (Å²) in [4.78, 5) is 13.7. The molecule has 0 radical (unpaired) electrons. The maximum atomic E-state index is 6.21. The van der Waals surface area contributed by atoms with E-state index in [0.29, 0.717) is 12.5 Å². The van der Waals surface area contributed by atoms with Gasteiger partial charge < -0.3 is 15.1 Å². The summed E-state index contributed by atoms with van der Waals surface area (Å²) in [6.45, 7) is 4.45. The molecular formula is C21H22ClN5. The molecule has 1 aliphatic heterocycles. The molecule has 5 nitrogen and oxygen atoms in total. The maximum Gasteiger partial charge on any atom is 0.224 e. The average molecular weight is 380 g/mol. The average Bonchev–Trinajstić information content (AvgIpc) is 2.74. The summed E-state index contributed by atoms with van der Waals surface area (Å²) in [6, 6.07) is 20.3. The largest absolute Gasteiger partial charge is 0.368 e. The number of para-hydroxylation sites is 1. The van der Waals surface area contributed by atoms with Gasteiger partial charge in [0.15, 0.2) is 0 Å². The van der Waals surface area contributed by atoms with Crippen molar-refractivity contribution in [3.8, 4) is 0 Å². The smallest absolute Gasteiger partial charge is 0.224 e. The van der Waals surface area contributed by atoms with Crippen LogP contribution in [-0.4, -0.2) is 36.1 Å². The Hall–Kier alpha value is -2.79. The van der Waals surface area contributed by atoms with E-state index in [4.69, 9.17) is 11.6 Å². The van der Waals surface area contributed by atoms with E-state index in [9.17, 15) is 0 Å². The third kappa shape index (κ3) is 4.31. The lowest BCUT2D eigenvalue weighted by Gasteiger charge is -2.36. The van der Waals surface area contributed by atoms with Crippen LogP contribution in [0, 0.1) is 0 Å². The zero-order valence-corrected chi connectivity index (χ0v) is 15.8. The molecule has 1 fully saturated rings. The van der Waals surface area contributed by atoms with Crippen LogP contribution in [0.2, 0.25) is 5.02 Å². The number of rotatable bonds is 5. The Labute approximate surface area is 164 Å². The highest BCUT2D eigenvalue weighted by atomic mass is 35.5. The topological polar surface area (TPSA) is 44.3 Å². The Morgan fingerprint density at radius 3 is 2.33 bits per heavy atom. The second-order valence-electron chi connectivity index (χ2n) is 6.49. The number of hydrogen-bond donors (Lipinski definition) is 1. The van der Waals surface area contributed by atoms with Gasteiger partial charge in [0.05, 0.1) is 0 Å². The molecule has 0 spiro atoms. The molecule has 0 saturated carbocycles. The fourth-order valence-electron chi connectivity index (χ4n) is 3.26. The van der Waals surface area contributed by atoms with Crippen LogP contribution in [0.3, 0.4) is 0 Å². The fourth-order valence-corrected chi connectivity index (χ4v) is 3.46. The standard InChI is InChI=1S/C21H22ClN5/c22-19-9-5-4-6-17(19)16-24-21-23-11-10-20(25-21)27-14-12-26(13-15-27)18-7-2-1-3-8-18/h1-11H,12-16H2,(H,23,24,25). The molecule has 1 aromatic heterocycles. The number of nitrogens with zero attached hydrogens (tertiary/aromatic N) is 4. The van der Waals surface area contributed by atoms with Crippen LogP contribution in [0.15, 0.2) is 66.9 Å². The molecule has 0 amide bonds. The van der Waals surface area contributed by atoms with Crippen molar-refractivity contribution in [1.29, 1.82) is 0 Å². The number of anilines is 3. The summed E-state index contributed by atoms with van der Waals surface area (Å²) in [5, 5.41) is 4.02. The minimum atomic E-state index is 0.602. The van der Waals surface area contributed by atoms with E-state index in [1.54, 1.807) is 6.20 Å². The van der Waals surface area contributed by atoms with Gasteiger partial charge in [-0.1, -0.05) is 48.0 Å². The molecule has 27 heavy (non-hydrogen) atoms. The first kappa shape index (κ1) is 17.6. The van der Waals surface area contributed by atoms with Crippen molar-refractivity contribution in [1.82, 2.24) is 9.97 Å². The highest BCUT2D eigenvalue weighted by Crippen LogP contribution is 2.20. The molecule has 2 aromatic carbocycles. The van der Waals surface area contributed by atoms with Gasteiger partial charge in [0.1, 0.15) is 5.82 Å². The minimum Gasteiger partial charge on any atom is -0.368 e. The quantitative estimate of drug-likeness (QED) is 0.724. The number of benzene rings is 2. The summed E-state index contributed by atoms with van der Waals surface area (Å²) in [7, 11) is 0. The van der Waals surface area contributed by atoms with E-state index < -0.39 is 0 Å². The Morgan fingerprint density at radius 2 is 1.56 bits per heavy atom. The predicted molar refractivity (Wildman–Crippen MR) is 112 cm³/mol. The van der Waals surface area contributed by atoms with Crippen LogP contribution in [0.5, 0.6) is 0 Å². The molecule has 2 heterocycles. The van der Waals surface area contributed by atoms with E-state index in [1.165, 1.54) is 5.69 Å². The lowest BCUT2D eigenvalue weighted by molar-refractivity contribution is 0.647. The summed E-state index contributed by atoms with van der Waals surface area (Å²) < 4.78 is 0. The summed E-state index contributed by atoms with van der Waals surface area (Å²) in [5.41, 5.74) is 2.31. The molecule has 4 rings (SSSR count). The van der Waals surface area contributed by atoms with Gasteiger partial charge in [-0.25, -0.2) is 4.98 Å². The van der Waals surface area contributed by atoms with Crippen LogP contribution >= 0.6 is 11.6 Å².